The topological polar surface area (TPSA) is 59.0 Å². The van der Waals surface area contributed by atoms with Gasteiger partial charge in [0.1, 0.15) is 11.5 Å². The molecule has 4 rings (SSSR count). The number of benzene rings is 1. The van der Waals surface area contributed by atoms with Gasteiger partial charge in [0.15, 0.2) is 0 Å². The van der Waals surface area contributed by atoms with Crippen LogP contribution in [0.25, 0.3) is 11.1 Å². The summed E-state index contributed by atoms with van der Waals surface area (Å²) in [5, 5.41) is 0. The summed E-state index contributed by atoms with van der Waals surface area (Å²) in [4.78, 5) is 27.4. The first-order valence-electron chi connectivity index (χ1n) is 9.40. The fourth-order valence-electron chi connectivity index (χ4n) is 3.69. The van der Waals surface area contributed by atoms with Gasteiger partial charge in [0, 0.05) is 42.8 Å². The Kier molecular flexibility index (Phi) is 5.10. The zero-order valence-electron chi connectivity index (χ0n) is 15.7. The van der Waals surface area contributed by atoms with E-state index in [0.29, 0.717) is 18.8 Å². The number of carbonyl (C=O) groups excluding carboxylic acids is 1. The van der Waals surface area contributed by atoms with E-state index in [4.69, 9.17) is 4.98 Å². The third-order valence-corrected chi connectivity index (χ3v) is 5.06. The molecule has 2 aromatic heterocycles. The van der Waals surface area contributed by atoms with E-state index >= 15 is 0 Å². The molecule has 1 amide bonds. The lowest BCUT2D eigenvalue weighted by molar-refractivity contribution is 0.0699. The van der Waals surface area contributed by atoms with Crippen LogP contribution >= 0.6 is 0 Å². The van der Waals surface area contributed by atoms with Crippen LogP contribution in [0.2, 0.25) is 0 Å². The van der Waals surface area contributed by atoms with Crippen molar-refractivity contribution in [3.8, 4) is 11.1 Å². The first-order valence-corrected chi connectivity index (χ1v) is 9.40. The van der Waals surface area contributed by atoms with Crippen molar-refractivity contribution in [2.24, 2.45) is 0 Å². The maximum Gasteiger partial charge on any atom is 0.274 e. The fraction of sp³-hybridized carbons (Fsp3) is 0.273. The molecule has 1 unspecified atom stereocenters. The lowest BCUT2D eigenvalue weighted by atomic mass is 9.92. The van der Waals surface area contributed by atoms with Crippen molar-refractivity contribution in [3.63, 3.8) is 0 Å². The molecular weight excluding hydrogens is 355 g/mol. The molecule has 142 valence electrons. The van der Waals surface area contributed by atoms with Crippen molar-refractivity contribution in [3.05, 3.63) is 77.9 Å². The van der Waals surface area contributed by atoms with Crippen molar-refractivity contribution in [2.75, 3.05) is 13.1 Å². The van der Waals surface area contributed by atoms with E-state index in [1.165, 1.54) is 24.5 Å². The van der Waals surface area contributed by atoms with Crippen molar-refractivity contribution in [1.82, 2.24) is 19.9 Å². The molecule has 28 heavy (non-hydrogen) atoms. The van der Waals surface area contributed by atoms with Gasteiger partial charge in [0.25, 0.3) is 5.91 Å². The Bertz CT molecular complexity index is 976. The van der Waals surface area contributed by atoms with Crippen LogP contribution in [0.1, 0.15) is 40.6 Å². The maximum absolute atomic E-state index is 13.3. The summed E-state index contributed by atoms with van der Waals surface area (Å²) < 4.78 is 13.3. The molecule has 0 aliphatic carbocycles. The van der Waals surface area contributed by atoms with Crippen molar-refractivity contribution in [2.45, 2.75) is 25.7 Å². The minimum atomic E-state index is -0.250. The average molecular weight is 376 g/mol. The summed E-state index contributed by atoms with van der Waals surface area (Å²) >= 11 is 0. The van der Waals surface area contributed by atoms with E-state index in [2.05, 4.69) is 16.0 Å². The number of pyridine rings is 1. The van der Waals surface area contributed by atoms with Crippen LogP contribution in [-0.4, -0.2) is 38.8 Å². The third-order valence-electron chi connectivity index (χ3n) is 5.06. The molecule has 0 bridgehead atoms. The summed E-state index contributed by atoms with van der Waals surface area (Å²) in [7, 11) is 0. The highest BCUT2D eigenvalue weighted by Crippen LogP contribution is 2.30. The molecular formula is C22H21FN4O. The van der Waals surface area contributed by atoms with Gasteiger partial charge in [-0.1, -0.05) is 12.1 Å². The van der Waals surface area contributed by atoms with Gasteiger partial charge in [-0.2, -0.15) is 0 Å². The van der Waals surface area contributed by atoms with Crippen molar-refractivity contribution in [1.29, 1.82) is 0 Å². The summed E-state index contributed by atoms with van der Waals surface area (Å²) in [6.45, 7) is 3.28. The van der Waals surface area contributed by atoms with Gasteiger partial charge in [-0.05, 0) is 55.2 Å². The molecule has 1 saturated heterocycles. The van der Waals surface area contributed by atoms with E-state index in [9.17, 15) is 9.18 Å². The second-order valence-corrected chi connectivity index (χ2v) is 7.11. The standard InChI is InChI=1S/C22H21FN4O/c1-15-11-18(16-4-6-19(23)7-5-16)12-20(26-15)17-3-2-10-27(14-17)22(28)21-13-24-8-9-25-21/h4-9,11-13,17H,2-3,10,14H2,1H3. The Morgan fingerprint density at radius 2 is 1.96 bits per heavy atom. The third kappa shape index (κ3) is 3.91. The number of hydrogen-bond donors (Lipinski definition) is 0. The number of nitrogens with zero attached hydrogens (tertiary/aromatic N) is 4. The maximum atomic E-state index is 13.3. The second-order valence-electron chi connectivity index (χ2n) is 7.11. The van der Waals surface area contributed by atoms with Gasteiger partial charge in [-0.3, -0.25) is 14.8 Å². The number of aryl methyl sites for hydroxylation is 1. The molecule has 5 nitrogen and oxygen atoms in total. The highest BCUT2D eigenvalue weighted by atomic mass is 19.1. The van der Waals surface area contributed by atoms with Crippen LogP contribution in [0.5, 0.6) is 0 Å². The van der Waals surface area contributed by atoms with Gasteiger partial charge in [-0.25, -0.2) is 9.37 Å². The Morgan fingerprint density at radius 3 is 2.71 bits per heavy atom. The van der Waals surface area contributed by atoms with E-state index in [0.717, 1.165) is 35.4 Å². The zero-order valence-corrected chi connectivity index (χ0v) is 15.7. The zero-order chi connectivity index (χ0) is 19.5. The van der Waals surface area contributed by atoms with E-state index in [1.807, 2.05) is 17.9 Å². The first-order chi connectivity index (χ1) is 13.6. The minimum Gasteiger partial charge on any atom is -0.337 e. The summed E-state index contributed by atoms with van der Waals surface area (Å²) in [6.07, 6.45) is 6.49. The Morgan fingerprint density at radius 1 is 1.14 bits per heavy atom. The van der Waals surface area contributed by atoms with Crippen molar-refractivity contribution < 1.29 is 9.18 Å². The van der Waals surface area contributed by atoms with Crippen LogP contribution in [-0.2, 0) is 0 Å². The molecule has 1 aromatic carbocycles. The predicted octanol–water partition coefficient (Wildman–Crippen LogP) is 4.01. The number of halogens is 1. The van der Waals surface area contributed by atoms with Crippen LogP contribution in [0.15, 0.2) is 55.0 Å². The van der Waals surface area contributed by atoms with Crippen LogP contribution in [0.3, 0.4) is 0 Å². The molecule has 3 heterocycles. The molecule has 6 heteroatoms. The fourth-order valence-corrected chi connectivity index (χ4v) is 3.69. The summed E-state index contributed by atoms with van der Waals surface area (Å²) in [5.74, 6) is -0.183. The number of rotatable bonds is 3. The number of hydrogen-bond acceptors (Lipinski definition) is 4. The lowest BCUT2D eigenvalue weighted by Crippen LogP contribution is -2.39. The van der Waals surface area contributed by atoms with Gasteiger partial charge in [0.05, 0.1) is 6.20 Å². The molecule has 1 aliphatic heterocycles. The number of amides is 1. The van der Waals surface area contributed by atoms with E-state index in [-0.39, 0.29) is 17.6 Å². The number of carbonyl (C=O) groups is 1. The van der Waals surface area contributed by atoms with Gasteiger partial charge >= 0.3 is 0 Å². The Labute approximate surface area is 163 Å². The van der Waals surface area contributed by atoms with E-state index in [1.54, 1.807) is 18.3 Å². The molecule has 1 fully saturated rings. The first kappa shape index (κ1) is 18.2. The minimum absolute atomic E-state index is 0.0933. The Hall–Kier alpha value is -3.15. The van der Waals surface area contributed by atoms with Crippen LogP contribution in [0, 0.1) is 12.7 Å². The highest BCUT2D eigenvalue weighted by molar-refractivity contribution is 5.92. The predicted molar refractivity (Wildman–Crippen MR) is 104 cm³/mol. The largest absolute Gasteiger partial charge is 0.337 e. The number of piperidine rings is 1. The number of aromatic nitrogens is 3. The van der Waals surface area contributed by atoms with E-state index < -0.39 is 0 Å². The highest BCUT2D eigenvalue weighted by Gasteiger charge is 2.27. The van der Waals surface area contributed by atoms with Gasteiger partial charge in [0.2, 0.25) is 0 Å². The normalized spacial score (nSPS) is 16.8. The molecule has 0 saturated carbocycles. The second kappa shape index (κ2) is 7.84. The lowest BCUT2D eigenvalue weighted by Gasteiger charge is -2.32. The Balaban J connectivity index is 1.58. The quantitative estimate of drug-likeness (QED) is 0.693. The van der Waals surface area contributed by atoms with Crippen LogP contribution in [0.4, 0.5) is 4.39 Å². The monoisotopic (exact) mass is 376 g/mol. The number of likely N-dealkylation sites (tertiary alicyclic amines) is 1. The molecule has 1 aliphatic rings. The average Bonchev–Trinajstić information content (AvgIpc) is 2.74. The molecule has 0 N–H and O–H groups in total. The molecule has 1 atom stereocenters. The summed E-state index contributed by atoms with van der Waals surface area (Å²) in [6, 6.07) is 10.5. The smallest absolute Gasteiger partial charge is 0.274 e. The van der Waals surface area contributed by atoms with Crippen LogP contribution < -0.4 is 0 Å². The molecule has 0 radical (unpaired) electrons. The van der Waals surface area contributed by atoms with Gasteiger partial charge in [-0.15, -0.1) is 0 Å². The van der Waals surface area contributed by atoms with Gasteiger partial charge < -0.3 is 4.90 Å². The molecule has 3 aromatic rings. The molecule has 0 spiro atoms. The SMILES string of the molecule is Cc1cc(-c2ccc(F)cc2)cc(C2CCCN(C(=O)c3cnccn3)C2)n1. The van der Waals surface area contributed by atoms with Crippen molar-refractivity contribution >= 4 is 5.91 Å². The summed E-state index contributed by atoms with van der Waals surface area (Å²) in [5.41, 5.74) is 4.22.